The number of carboxylic acid groups (broad SMARTS) is 1. The number of nitrogens with two attached hydrogens (primary N) is 1. The molecule has 1 aromatic carbocycles. The van der Waals surface area contributed by atoms with Gasteiger partial charge in [-0.25, -0.2) is 4.39 Å². The number of amides is 1. The third kappa shape index (κ3) is 3.89. The maximum absolute atomic E-state index is 13.1. The highest BCUT2D eigenvalue weighted by atomic mass is 19.1. The van der Waals surface area contributed by atoms with E-state index in [1.807, 2.05) is 0 Å². The molecule has 1 amide bonds. The highest BCUT2D eigenvalue weighted by Crippen LogP contribution is 2.37. The molecule has 1 fully saturated rings. The normalized spacial score (nSPS) is 22.0. The molecule has 0 spiro atoms. The molecule has 3 unspecified atom stereocenters. The van der Waals surface area contributed by atoms with Gasteiger partial charge in [-0.1, -0.05) is 0 Å². The Balaban J connectivity index is 1.88. The van der Waals surface area contributed by atoms with Gasteiger partial charge in [0.1, 0.15) is 11.4 Å². The van der Waals surface area contributed by atoms with E-state index in [-0.39, 0.29) is 23.8 Å². The molecule has 27 heavy (non-hydrogen) atoms. The van der Waals surface area contributed by atoms with Gasteiger partial charge in [0.25, 0.3) is 5.91 Å². The molecule has 140 valence electrons. The molecule has 0 aliphatic heterocycles. The van der Waals surface area contributed by atoms with E-state index < -0.39 is 29.5 Å². The first-order valence-corrected chi connectivity index (χ1v) is 8.43. The first-order chi connectivity index (χ1) is 12.9. The van der Waals surface area contributed by atoms with Gasteiger partial charge in [-0.15, -0.1) is 0 Å². The standard InChI is InChI=1S/C18H18FN5O3/c19-12-2-4-13(5-3-12)22-17-14(16(21)25)9-24(23-17)15-6-1-10(18(26)27)7-11(15)8-20/h2-5,9-11,15H,1,6-7H2,(H2,21,25)(H,22,23)(H,26,27). The Morgan fingerprint density at radius 1 is 1.33 bits per heavy atom. The number of primary amides is 1. The van der Waals surface area contributed by atoms with Gasteiger partial charge in [0.15, 0.2) is 5.82 Å². The zero-order valence-electron chi connectivity index (χ0n) is 14.3. The van der Waals surface area contributed by atoms with Crippen molar-refractivity contribution in [1.82, 2.24) is 9.78 Å². The Morgan fingerprint density at radius 2 is 2.04 bits per heavy atom. The summed E-state index contributed by atoms with van der Waals surface area (Å²) in [5.74, 6) is -2.91. The van der Waals surface area contributed by atoms with E-state index in [0.29, 0.717) is 18.5 Å². The number of nitrogens with zero attached hydrogens (tertiary/aromatic N) is 3. The second kappa shape index (κ2) is 7.45. The van der Waals surface area contributed by atoms with Crippen molar-refractivity contribution >= 4 is 23.4 Å². The van der Waals surface area contributed by atoms with E-state index >= 15 is 0 Å². The molecule has 4 N–H and O–H groups in total. The number of carboxylic acids is 1. The summed E-state index contributed by atoms with van der Waals surface area (Å²) in [6, 6.07) is 7.32. The lowest BCUT2D eigenvalue weighted by atomic mass is 9.79. The number of carbonyl (C=O) groups excluding carboxylic acids is 1. The fraction of sp³-hybridized carbons (Fsp3) is 0.333. The molecule has 9 heteroatoms. The van der Waals surface area contributed by atoms with Crippen LogP contribution < -0.4 is 11.1 Å². The van der Waals surface area contributed by atoms with Crippen LogP contribution in [0.1, 0.15) is 35.7 Å². The van der Waals surface area contributed by atoms with Crippen molar-refractivity contribution in [3.63, 3.8) is 0 Å². The van der Waals surface area contributed by atoms with E-state index in [4.69, 9.17) is 5.73 Å². The van der Waals surface area contributed by atoms with Crippen molar-refractivity contribution in [2.75, 3.05) is 5.32 Å². The molecule has 2 aromatic rings. The van der Waals surface area contributed by atoms with Crippen LogP contribution in [0.2, 0.25) is 0 Å². The SMILES string of the molecule is N#CC1CC(C(=O)O)CCC1n1cc(C(N)=O)c(Nc2ccc(F)cc2)n1. The minimum Gasteiger partial charge on any atom is -0.481 e. The minimum atomic E-state index is -0.911. The summed E-state index contributed by atoms with van der Waals surface area (Å²) in [7, 11) is 0. The molecule has 1 aromatic heterocycles. The number of rotatable bonds is 5. The molecule has 1 aliphatic rings. The number of carbonyl (C=O) groups is 2. The predicted molar refractivity (Wildman–Crippen MR) is 93.5 cm³/mol. The third-order valence-corrected chi connectivity index (χ3v) is 4.77. The summed E-state index contributed by atoms with van der Waals surface area (Å²) in [4.78, 5) is 23.0. The first kappa shape index (κ1) is 18.4. The Bertz CT molecular complexity index is 903. The molecule has 3 rings (SSSR count). The number of hydrogen-bond acceptors (Lipinski definition) is 5. The lowest BCUT2D eigenvalue weighted by Crippen LogP contribution is -2.30. The summed E-state index contributed by atoms with van der Waals surface area (Å²) in [5.41, 5.74) is 6.09. The monoisotopic (exact) mass is 371 g/mol. The Morgan fingerprint density at radius 3 is 2.63 bits per heavy atom. The van der Waals surface area contributed by atoms with Crippen molar-refractivity contribution in [2.24, 2.45) is 17.6 Å². The van der Waals surface area contributed by atoms with Crippen LogP contribution in [-0.4, -0.2) is 26.8 Å². The lowest BCUT2D eigenvalue weighted by Gasteiger charge is -2.30. The Hall–Kier alpha value is -3.41. The second-order valence-electron chi connectivity index (χ2n) is 6.52. The number of aromatic nitrogens is 2. The quantitative estimate of drug-likeness (QED) is 0.739. The Labute approximate surface area is 154 Å². The average Bonchev–Trinajstić information content (AvgIpc) is 3.07. The molecule has 8 nitrogen and oxygen atoms in total. The van der Waals surface area contributed by atoms with Crippen molar-refractivity contribution in [3.8, 4) is 6.07 Å². The van der Waals surface area contributed by atoms with Crippen LogP contribution in [0.25, 0.3) is 0 Å². The molecule has 1 aliphatic carbocycles. The summed E-state index contributed by atoms with van der Waals surface area (Å²) in [6.45, 7) is 0. The summed E-state index contributed by atoms with van der Waals surface area (Å²) in [6.07, 6.45) is 2.56. The van der Waals surface area contributed by atoms with Crippen LogP contribution in [0.4, 0.5) is 15.9 Å². The topological polar surface area (TPSA) is 134 Å². The van der Waals surface area contributed by atoms with Gasteiger partial charge in [-0.3, -0.25) is 14.3 Å². The van der Waals surface area contributed by atoms with Crippen LogP contribution in [-0.2, 0) is 4.79 Å². The molecule has 0 bridgehead atoms. The van der Waals surface area contributed by atoms with Crippen LogP contribution in [0.15, 0.2) is 30.5 Å². The van der Waals surface area contributed by atoms with Gasteiger partial charge in [-0.05, 0) is 43.5 Å². The molecule has 3 atom stereocenters. The van der Waals surface area contributed by atoms with Crippen molar-refractivity contribution in [3.05, 3.63) is 41.8 Å². The predicted octanol–water partition coefficient (Wildman–Crippen LogP) is 2.43. The van der Waals surface area contributed by atoms with E-state index in [1.54, 1.807) is 0 Å². The fourth-order valence-electron chi connectivity index (χ4n) is 3.34. The van der Waals surface area contributed by atoms with Gasteiger partial charge in [-0.2, -0.15) is 10.4 Å². The molecule has 1 heterocycles. The lowest BCUT2D eigenvalue weighted by molar-refractivity contribution is -0.143. The van der Waals surface area contributed by atoms with E-state index in [9.17, 15) is 24.3 Å². The molecular formula is C18H18FN5O3. The van der Waals surface area contributed by atoms with Crippen molar-refractivity contribution in [1.29, 1.82) is 5.26 Å². The number of hydrogen-bond donors (Lipinski definition) is 3. The maximum atomic E-state index is 13.1. The molecule has 1 saturated carbocycles. The Kier molecular flexibility index (Phi) is 5.07. The van der Waals surface area contributed by atoms with Gasteiger partial charge in [0.2, 0.25) is 0 Å². The average molecular weight is 371 g/mol. The van der Waals surface area contributed by atoms with Crippen molar-refractivity contribution < 1.29 is 19.1 Å². The highest BCUT2D eigenvalue weighted by Gasteiger charge is 2.36. The van der Waals surface area contributed by atoms with Gasteiger partial charge >= 0.3 is 5.97 Å². The number of anilines is 2. The molecular weight excluding hydrogens is 353 g/mol. The van der Waals surface area contributed by atoms with Crippen molar-refractivity contribution in [2.45, 2.75) is 25.3 Å². The van der Waals surface area contributed by atoms with E-state index in [1.165, 1.54) is 35.1 Å². The van der Waals surface area contributed by atoms with Crippen LogP contribution >= 0.6 is 0 Å². The maximum Gasteiger partial charge on any atom is 0.306 e. The first-order valence-electron chi connectivity index (χ1n) is 8.43. The molecule has 0 radical (unpaired) electrons. The highest BCUT2D eigenvalue weighted by molar-refractivity contribution is 5.98. The largest absolute Gasteiger partial charge is 0.481 e. The smallest absolute Gasteiger partial charge is 0.306 e. The summed E-state index contributed by atoms with van der Waals surface area (Å²) < 4.78 is 14.6. The fourth-order valence-corrected chi connectivity index (χ4v) is 3.34. The summed E-state index contributed by atoms with van der Waals surface area (Å²) in [5, 5.41) is 25.9. The zero-order chi connectivity index (χ0) is 19.6. The number of aliphatic carboxylic acids is 1. The number of halogens is 1. The second-order valence-corrected chi connectivity index (χ2v) is 6.52. The molecule has 0 saturated heterocycles. The summed E-state index contributed by atoms with van der Waals surface area (Å²) >= 11 is 0. The number of nitriles is 1. The van der Waals surface area contributed by atoms with Gasteiger partial charge in [0, 0.05) is 11.9 Å². The van der Waals surface area contributed by atoms with Crippen LogP contribution in [0.5, 0.6) is 0 Å². The zero-order valence-corrected chi connectivity index (χ0v) is 14.3. The number of nitrogens with one attached hydrogen (secondary N) is 1. The minimum absolute atomic E-state index is 0.136. The van der Waals surface area contributed by atoms with Crippen LogP contribution in [0.3, 0.4) is 0 Å². The number of benzene rings is 1. The third-order valence-electron chi connectivity index (χ3n) is 4.77. The van der Waals surface area contributed by atoms with Crippen LogP contribution in [0, 0.1) is 29.0 Å². The van der Waals surface area contributed by atoms with E-state index in [0.717, 1.165) is 0 Å². The van der Waals surface area contributed by atoms with E-state index in [2.05, 4.69) is 16.5 Å². The van der Waals surface area contributed by atoms with Gasteiger partial charge < -0.3 is 16.2 Å². The van der Waals surface area contributed by atoms with Gasteiger partial charge in [0.05, 0.1) is 23.9 Å².